The molecule has 2 aromatic carbocycles. The van der Waals surface area contributed by atoms with Crippen LogP contribution in [0.1, 0.15) is 42.6 Å². The molecule has 5 rings (SSSR count). The van der Waals surface area contributed by atoms with E-state index < -0.39 is 0 Å². The van der Waals surface area contributed by atoms with Crippen LogP contribution in [0.25, 0.3) is 11.0 Å². The maximum atomic E-state index is 12.7. The van der Waals surface area contributed by atoms with Crippen molar-refractivity contribution in [1.29, 1.82) is 0 Å². The number of aromatic nitrogens is 2. The van der Waals surface area contributed by atoms with Crippen molar-refractivity contribution in [3.63, 3.8) is 0 Å². The molecule has 1 amide bonds. The van der Waals surface area contributed by atoms with E-state index in [9.17, 15) is 4.79 Å². The molecule has 36 heavy (non-hydrogen) atoms. The van der Waals surface area contributed by atoms with Crippen LogP contribution in [0.5, 0.6) is 11.5 Å². The van der Waals surface area contributed by atoms with Crippen molar-refractivity contribution in [3.8, 4) is 11.5 Å². The van der Waals surface area contributed by atoms with Gasteiger partial charge in [-0.1, -0.05) is 6.42 Å². The number of piperidine rings is 1. The van der Waals surface area contributed by atoms with E-state index in [1.165, 1.54) is 30.4 Å². The molecule has 0 saturated carbocycles. The van der Waals surface area contributed by atoms with E-state index in [0.29, 0.717) is 13.0 Å². The minimum absolute atomic E-state index is 0.0249. The van der Waals surface area contributed by atoms with Gasteiger partial charge >= 0.3 is 0 Å². The van der Waals surface area contributed by atoms with Crippen molar-refractivity contribution >= 4 is 22.6 Å². The predicted molar refractivity (Wildman–Crippen MR) is 142 cm³/mol. The first-order valence-electron chi connectivity index (χ1n) is 13.0. The number of rotatable bonds is 8. The van der Waals surface area contributed by atoms with Crippen LogP contribution >= 0.6 is 0 Å². The highest BCUT2D eigenvalue weighted by Gasteiger charge is 2.20. The Hall–Kier alpha value is -3.10. The number of nitrogens with one attached hydrogen (secondary N) is 1. The highest BCUT2D eigenvalue weighted by molar-refractivity contribution is 5.93. The Morgan fingerprint density at radius 3 is 2.47 bits per heavy atom. The fourth-order valence-corrected chi connectivity index (χ4v) is 5.40. The minimum Gasteiger partial charge on any atom is -0.493 e. The Morgan fingerprint density at radius 2 is 1.72 bits per heavy atom. The van der Waals surface area contributed by atoms with Gasteiger partial charge in [0.1, 0.15) is 5.82 Å². The summed E-state index contributed by atoms with van der Waals surface area (Å²) in [5.41, 5.74) is 5.35. The highest BCUT2D eigenvalue weighted by Crippen LogP contribution is 2.33. The number of aryl methyl sites for hydroxylation is 1. The zero-order chi connectivity index (χ0) is 25.1. The summed E-state index contributed by atoms with van der Waals surface area (Å²) in [4.78, 5) is 22.4. The molecule has 1 saturated heterocycles. The Labute approximate surface area is 213 Å². The minimum atomic E-state index is 0.0249. The van der Waals surface area contributed by atoms with Gasteiger partial charge in [-0.25, -0.2) is 4.98 Å². The van der Waals surface area contributed by atoms with Gasteiger partial charge in [0.05, 0.1) is 31.8 Å². The molecule has 1 N–H and O–H groups in total. The molecule has 0 atom stereocenters. The molecule has 8 heteroatoms. The van der Waals surface area contributed by atoms with Crippen LogP contribution in [-0.4, -0.2) is 65.7 Å². The molecule has 0 unspecified atom stereocenters. The number of anilines is 1. The number of nitrogens with zero attached hydrogens (tertiary/aromatic N) is 4. The lowest BCUT2D eigenvalue weighted by Crippen LogP contribution is -2.33. The van der Waals surface area contributed by atoms with E-state index >= 15 is 0 Å². The van der Waals surface area contributed by atoms with Crippen LogP contribution < -0.4 is 14.8 Å². The lowest BCUT2D eigenvalue weighted by atomic mass is 9.98. The number of hydrogen-bond acceptors (Lipinski definition) is 6. The third-order valence-electron chi connectivity index (χ3n) is 7.52. The summed E-state index contributed by atoms with van der Waals surface area (Å²) >= 11 is 0. The van der Waals surface area contributed by atoms with Crippen molar-refractivity contribution in [3.05, 3.63) is 47.3 Å². The molecular formula is C28H37N5O3. The van der Waals surface area contributed by atoms with E-state index in [1.54, 1.807) is 14.2 Å². The van der Waals surface area contributed by atoms with Gasteiger partial charge in [-0.05, 0) is 73.8 Å². The number of ether oxygens (including phenoxy) is 2. The normalized spacial score (nSPS) is 16.6. The van der Waals surface area contributed by atoms with E-state index in [-0.39, 0.29) is 5.91 Å². The quantitative estimate of drug-likeness (QED) is 0.514. The van der Waals surface area contributed by atoms with Gasteiger partial charge in [-0.2, -0.15) is 0 Å². The van der Waals surface area contributed by atoms with E-state index in [1.807, 2.05) is 12.1 Å². The average Bonchev–Trinajstić information content (AvgIpc) is 3.21. The maximum absolute atomic E-state index is 12.7. The van der Waals surface area contributed by atoms with Crippen LogP contribution in [0.15, 0.2) is 30.3 Å². The smallest absolute Gasteiger partial charge is 0.225 e. The third kappa shape index (κ3) is 5.34. The first kappa shape index (κ1) is 24.6. The fraction of sp³-hybridized carbons (Fsp3) is 0.500. The molecule has 1 fully saturated rings. The summed E-state index contributed by atoms with van der Waals surface area (Å²) in [6.45, 7) is 5.62. The molecule has 8 nitrogen and oxygen atoms in total. The second kappa shape index (κ2) is 10.9. The topological polar surface area (TPSA) is 71.9 Å². The Bertz CT molecular complexity index is 1230. The number of likely N-dealkylation sites (tertiary alicyclic amines) is 1. The van der Waals surface area contributed by atoms with Gasteiger partial charge in [0.2, 0.25) is 5.91 Å². The summed E-state index contributed by atoms with van der Waals surface area (Å²) in [7, 11) is 5.40. The molecule has 3 aromatic rings. The van der Waals surface area contributed by atoms with E-state index in [2.05, 4.69) is 44.9 Å². The van der Waals surface area contributed by atoms with Crippen molar-refractivity contribution in [2.75, 3.05) is 45.7 Å². The van der Waals surface area contributed by atoms with Crippen molar-refractivity contribution in [2.45, 2.75) is 45.2 Å². The lowest BCUT2D eigenvalue weighted by Gasteiger charge is -2.29. The number of imidazole rings is 1. The first-order chi connectivity index (χ1) is 17.5. The Kier molecular flexibility index (Phi) is 7.43. The number of amides is 1. The second-order valence-electron chi connectivity index (χ2n) is 9.93. The van der Waals surface area contributed by atoms with Gasteiger partial charge in [0.15, 0.2) is 11.5 Å². The Morgan fingerprint density at radius 1 is 0.972 bits per heavy atom. The molecule has 0 spiro atoms. The highest BCUT2D eigenvalue weighted by atomic mass is 16.5. The first-order valence-corrected chi connectivity index (χ1v) is 13.0. The van der Waals surface area contributed by atoms with Gasteiger partial charge in [-0.3, -0.25) is 14.6 Å². The SMILES string of the molecule is COc1cc2c(cc1OC)CN(CCC(=O)Nc1ccc3c(c1)nc(CN1CCCCC1)n3C)CC2. The summed E-state index contributed by atoms with van der Waals surface area (Å²) in [6.07, 6.45) is 5.26. The van der Waals surface area contributed by atoms with Crippen molar-refractivity contribution in [1.82, 2.24) is 19.4 Å². The summed E-state index contributed by atoms with van der Waals surface area (Å²) < 4.78 is 13.1. The molecule has 3 heterocycles. The number of methoxy groups -OCH3 is 2. The largest absolute Gasteiger partial charge is 0.493 e. The molecule has 192 valence electrons. The maximum Gasteiger partial charge on any atom is 0.225 e. The van der Waals surface area contributed by atoms with E-state index in [0.717, 1.165) is 73.2 Å². The molecule has 0 radical (unpaired) electrons. The molecule has 1 aromatic heterocycles. The Balaban J connectivity index is 1.17. The molecule has 2 aliphatic rings. The van der Waals surface area contributed by atoms with Gasteiger partial charge in [-0.15, -0.1) is 0 Å². The molecule has 2 aliphatic heterocycles. The summed E-state index contributed by atoms with van der Waals surface area (Å²) in [5, 5.41) is 3.07. The average molecular weight is 492 g/mol. The number of carbonyl (C=O) groups excluding carboxylic acids is 1. The monoisotopic (exact) mass is 491 g/mol. The van der Waals surface area contributed by atoms with Crippen LogP contribution in [0.3, 0.4) is 0 Å². The van der Waals surface area contributed by atoms with Crippen molar-refractivity contribution in [2.24, 2.45) is 7.05 Å². The predicted octanol–water partition coefficient (Wildman–Crippen LogP) is 3.96. The fourth-order valence-electron chi connectivity index (χ4n) is 5.40. The van der Waals surface area contributed by atoms with Gasteiger partial charge < -0.3 is 19.4 Å². The number of hydrogen-bond donors (Lipinski definition) is 1. The molecular weight excluding hydrogens is 454 g/mol. The van der Waals surface area contributed by atoms with Crippen molar-refractivity contribution < 1.29 is 14.3 Å². The summed E-state index contributed by atoms with van der Waals surface area (Å²) in [6, 6.07) is 10.2. The van der Waals surface area contributed by atoms with Gasteiger partial charge in [0.25, 0.3) is 0 Å². The number of fused-ring (bicyclic) bond motifs is 2. The lowest BCUT2D eigenvalue weighted by molar-refractivity contribution is -0.116. The van der Waals surface area contributed by atoms with Crippen LogP contribution in [0.4, 0.5) is 5.69 Å². The zero-order valence-electron chi connectivity index (χ0n) is 21.7. The standard InChI is InChI=1S/C28H37N5O3/c1-31-24-8-7-22(17-23(24)30-27(31)19-32-11-5-4-6-12-32)29-28(34)10-14-33-13-9-20-15-25(35-2)26(36-3)16-21(20)18-33/h7-8,15-17H,4-6,9-14,18-19H2,1-3H3,(H,29,34). The van der Waals surface area contributed by atoms with E-state index in [4.69, 9.17) is 14.5 Å². The molecule has 0 bridgehead atoms. The summed E-state index contributed by atoms with van der Waals surface area (Å²) in [5.74, 6) is 2.62. The third-order valence-corrected chi connectivity index (χ3v) is 7.52. The van der Waals surface area contributed by atoms with Crippen LogP contribution in [-0.2, 0) is 31.4 Å². The zero-order valence-corrected chi connectivity index (χ0v) is 21.7. The second-order valence-corrected chi connectivity index (χ2v) is 9.93. The van der Waals surface area contributed by atoms with Crippen LogP contribution in [0, 0.1) is 0 Å². The number of carbonyl (C=O) groups is 1. The molecule has 0 aliphatic carbocycles. The van der Waals surface area contributed by atoms with Crippen LogP contribution in [0.2, 0.25) is 0 Å². The van der Waals surface area contributed by atoms with Gasteiger partial charge in [0, 0.05) is 38.8 Å². The number of benzene rings is 2.